The number of non-ortho nitro benzene ring substituents is 1. The highest BCUT2D eigenvalue weighted by Crippen LogP contribution is 2.29. The Morgan fingerprint density at radius 1 is 1.19 bits per heavy atom. The van der Waals surface area contributed by atoms with Crippen molar-refractivity contribution in [1.82, 2.24) is 4.31 Å². The number of hydrogen-bond donors (Lipinski definition) is 0. The van der Waals surface area contributed by atoms with Gasteiger partial charge in [0.25, 0.3) is 5.69 Å². The van der Waals surface area contributed by atoms with Crippen molar-refractivity contribution in [2.75, 3.05) is 13.1 Å². The van der Waals surface area contributed by atoms with Crippen molar-refractivity contribution < 1.29 is 18.4 Å². The van der Waals surface area contributed by atoms with E-state index >= 15 is 0 Å². The maximum atomic E-state index is 12.7. The van der Waals surface area contributed by atoms with Crippen molar-refractivity contribution in [3.63, 3.8) is 0 Å². The van der Waals surface area contributed by atoms with Gasteiger partial charge in [0.1, 0.15) is 4.90 Å². The zero-order chi connectivity index (χ0) is 20.2. The summed E-state index contributed by atoms with van der Waals surface area (Å²) in [6, 6.07) is 7.48. The molecule has 0 amide bonds. The Kier molecular flexibility index (Phi) is 6.53. The molecule has 0 saturated carbocycles. The summed E-state index contributed by atoms with van der Waals surface area (Å²) in [6.45, 7) is 4.01. The van der Waals surface area contributed by atoms with Gasteiger partial charge in [-0.25, -0.2) is 8.42 Å². The summed E-state index contributed by atoms with van der Waals surface area (Å²) in [5.74, 6) is -0.436. The molecule has 0 aliphatic rings. The minimum Gasteiger partial charge on any atom is -0.872 e. The van der Waals surface area contributed by atoms with Gasteiger partial charge in [-0.2, -0.15) is 4.31 Å². The van der Waals surface area contributed by atoms with E-state index in [0.717, 1.165) is 24.4 Å². The van der Waals surface area contributed by atoms with Crippen molar-refractivity contribution in [2.24, 2.45) is 4.99 Å². The van der Waals surface area contributed by atoms with E-state index in [9.17, 15) is 23.6 Å². The molecule has 0 aromatic heterocycles. The topological polar surface area (TPSA) is 116 Å². The lowest BCUT2D eigenvalue weighted by Gasteiger charge is -2.19. The van der Waals surface area contributed by atoms with Crippen LogP contribution in [0.2, 0.25) is 5.02 Å². The quantitative estimate of drug-likeness (QED) is 0.395. The van der Waals surface area contributed by atoms with Gasteiger partial charge in [-0.3, -0.25) is 15.1 Å². The van der Waals surface area contributed by atoms with Crippen LogP contribution in [0.4, 0.5) is 11.4 Å². The number of nitro groups is 1. The Morgan fingerprint density at radius 3 is 2.44 bits per heavy atom. The Balaban J connectivity index is 2.44. The maximum Gasteiger partial charge on any atom is 0.270 e. The molecule has 27 heavy (non-hydrogen) atoms. The first-order valence-electron chi connectivity index (χ1n) is 8.00. The fourth-order valence-electron chi connectivity index (χ4n) is 2.37. The molecule has 0 atom stereocenters. The molecule has 2 aromatic carbocycles. The lowest BCUT2D eigenvalue weighted by Crippen LogP contribution is -2.30. The second-order valence-electron chi connectivity index (χ2n) is 5.44. The number of aliphatic imine (C=N–C) groups is 1. The molecule has 0 aliphatic carbocycles. The molecule has 0 fully saturated rings. The van der Waals surface area contributed by atoms with Crippen molar-refractivity contribution in [3.8, 4) is 5.75 Å². The molecule has 0 aliphatic heterocycles. The second-order valence-corrected chi connectivity index (χ2v) is 7.76. The van der Waals surface area contributed by atoms with Crippen LogP contribution >= 0.6 is 11.6 Å². The zero-order valence-electron chi connectivity index (χ0n) is 14.6. The summed E-state index contributed by atoms with van der Waals surface area (Å²) in [7, 11) is -3.79. The third kappa shape index (κ3) is 4.62. The molecule has 2 rings (SSSR count). The number of rotatable bonds is 7. The van der Waals surface area contributed by atoms with E-state index in [0.29, 0.717) is 0 Å². The summed E-state index contributed by atoms with van der Waals surface area (Å²) >= 11 is 6.05. The fourth-order valence-corrected chi connectivity index (χ4v) is 4.32. The molecular weight excluding hydrogens is 394 g/mol. The molecular formula is C17H17ClN3O5S-. The van der Waals surface area contributed by atoms with E-state index in [2.05, 4.69) is 4.99 Å². The van der Waals surface area contributed by atoms with E-state index in [1.165, 1.54) is 22.5 Å². The highest BCUT2D eigenvalue weighted by Gasteiger charge is 2.24. The first-order chi connectivity index (χ1) is 12.7. The molecule has 8 nitrogen and oxygen atoms in total. The lowest BCUT2D eigenvalue weighted by atomic mass is 10.2. The van der Waals surface area contributed by atoms with Crippen LogP contribution < -0.4 is 5.11 Å². The fraction of sp³-hybridized carbons (Fsp3) is 0.235. The average molecular weight is 411 g/mol. The van der Waals surface area contributed by atoms with Gasteiger partial charge in [0.05, 0.1) is 15.6 Å². The van der Waals surface area contributed by atoms with Crippen molar-refractivity contribution in [1.29, 1.82) is 0 Å². The van der Waals surface area contributed by atoms with Gasteiger partial charge >= 0.3 is 0 Å². The Morgan fingerprint density at radius 2 is 1.85 bits per heavy atom. The number of sulfonamides is 1. The normalized spacial score (nSPS) is 12.0. The first-order valence-corrected chi connectivity index (χ1v) is 9.81. The monoisotopic (exact) mass is 410 g/mol. The molecule has 0 N–H and O–H groups in total. The summed E-state index contributed by atoms with van der Waals surface area (Å²) < 4.78 is 26.6. The van der Waals surface area contributed by atoms with E-state index in [-0.39, 0.29) is 39.9 Å². The Bertz CT molecular complexity index is 988. The van der Waals surface area contributed by atoms with Gasteiger partial charge in [0, 0.05) is 31.4 Å². The number of hydrogen-bond acceptors (Lipinski definition) is 6. The maximum absolute atomic E-state index is 12.7. The summed E-state index contributed by atoms with van der Waals surface area (Å²) in [6.07, 6.45) is 1.16. The predicted molar refractivity (Wildman–Crippen MR) is 101 cm³/mol. The van der Waals surface area contributed by atoms with Crippen LogP contribution in [-0.2, 0) is 10.0 Å². The van der Waals surface area contributed by atoms with Crippen molar-refractivity contribution in [3.05, 3.63) is 57.1 Å². The van der Waals surface area contributed by atoms with Crippen LogP contribution in [0.5, 0.6) is 5.75 Å². The van der Waals surface area contributed by atoms with E-state index in [4.69, 9.17) is 11.6 Å². The standard InChI is InChI=1S/C17H18ClN3O5S/c1-3-20(4-2)27(25,26)17-10-13(5-7-15(17)18)19-11-12-9-14(21(23)24)6-8-16(12)22/h5-11,22H,3-4H2,1-2H3/p-1. The minimum atomic E-state index is -3.79. The van der Waals surface area contributed by atoms with Gasteiger partial charge < -0.3 is 5.11 Å². The smallest absolute Gasteiger partial charge is 0.270 e. The largest absolute Gasteiger partial charge is 0.872 e. The lowest BCUT2D eigenvalue weighted by molar-refractivity contribution is -0.385. The van der Waals surface area contributed by atoms with Crippen molar-refractivity contribution >= 4 is 39.2 Å². The molecule has 0 bridgehead atoms. The van der Waals surface area contributed by atoms with Gasteiger partial charge in [-0.1, -0.05) is 37.3 Å². The third-order valence-corrected chi connectivity index (χ3v) is 6.33. The molecule has 0 unspecified atom stereocenters. The van der Waals surface area contributed by atoms with Gasteiger partial charge in [-0.05, 0) is 23.8 Å². The summed E-state index contributed by atoms with van der Waals surface area (Å²) in [4.78, 5) is 14.2. The average Bonchev–Trinajstić information content (AvgIpc) is 2.62. The highest BCUT2D eigenvalue weighted by molar-refractivity contribution is 7.89. The zero-order valence-corrected chi connectivity index (χ0v) is 16.2. The second kappa shape index (κ2) is 8.47. The summed E-state index contributed by atoms with van der Waals surface area (Å²) in [5, 5.41) is 22.7. The number of halogens is 1. The van der Waals surface area contributed by atoms with Crippen LogP contribution in [0, 0.1) is 10.1 Å². The van der Waals surface area contributed by atoms with E-state index in [1.807, 2.05) is 0 Å². The SMILES string of the molecule is CCN(CC)S(=O)(=O)c1cc(N=Cc2cc([N+](=O)[O-])ccc2[O-])ccc1Cl. The third-order valence-electron chi connectivity index (χ3n) is 3.79. The molecule has 0 saturated heterocycles. The minimum absolute atomic E-state index is 0.0206. The van der Waals surface area contributed by atoms with Crippen molar-refractivity contribution in [2.45, 2.75) is 18.7 Å². The van der Waals surface area contributed by atoms with Crippen LogP contribution in [0.1, 0.15) is 19.4 Å². The van der Waals surface area contributed by atoms with Gasteiger partial charge in [-0.15, -0.1) is 0 Å². The van der Waals surface area contributed by atoms with Gasteiger partial charge in [0.15, 0.2) is 0 Å². The van der Waals surface area contributed by atoms with Crippen LogP contribution in [0.3, 0.4) is 0 Å². The van der Waals surface area contributed by atoms with Crippen LogP contribution in [0.25, 0.3) is 0 Å². The van der Waals surface area contributed by atoms with E-state index < -0.39 is 20.7 Å². The molecule has 2 aromatic rings. The summed E-state index contributed by atoms with van der Waals surface area (Å²) in [5.41, 5.74) is 0.0280. The highest BCUT2D eigenvalue weighted by atomic mass is 35.5. The number of benzene rings is 2. The Labute approximate surface area is 161 Å². The molecule has 0 heterocycles. The Hall–Kier alpha value is -2.49. The molecule has 10 heteroatoms. The number of nitro benzene ring substituents is 1. The number of nitrogens with zero attached hydrogens (tertiary/aromatic N) is 3. The first kappa shape index (κ1) is 20.8. The molecule has 0 radical (unpaired) electrons. The predicted octanol–water partition coefficient (Wildman–Crippen LogP) is 3.10. The molecule has 144 valence electrons. The van der Waals surface area contributed by atoms with E-state index in [1.54, 1.807) is 13.8 Å². The van der Waals surface area contributed by atoms with Gasteiger partial charge in [0.2, 0.25) is 10.0 Å². The van der Waals surface area contributed by atoms with Crippen LogP contribution in [-0.4, -0.2) is 37.0 Å². The molecule has 0 spiro atoms. The van der Waals surface area contributed by atoms with Crippen LogP contribution in [0.15, 0.2) is 46.3 Å².